The number of amides is 1. The van der Waals surface area contributed by atoms with E-state index in [0.29, 0.717) is 24.0 Å². The number of unbranched alkanes of at least 4 members (excludes halogenated alkanes) is 1. The minimum Gasteiger partial charge on any atom is -0.352 e. The van der Waals surface area contributed by atoms with Gasteiger partial charge in [-0.15, -0.1) is 0 Å². The fourth-order valence-corrected chi connectivity index (χ4v) is 4.03. The van der Waals surface area contributed by atoms with Crippen molar-refractivity contribution in [1.82, 2.24) is 10.6 Å². The molecule has 1 saturated heterocycles. The van der Waals surface area contributed by atoms with Crippen molar-refractivity contribution in [2.45, 2.75) is 96.7 Å². The largest absolute Gasteiger partial charge is 0.352 e. The van der Waals surface area contributed by atoms with Gasteiger partial charge in [0.15, 0.2) is 0 Å². The van der Waals surface area contributed by atoms with Crippen molar-refractivity contribution in [3.8, 4) is 0 Å². The van der Waals surface area contributed by atoms with Crippen molar-refractivity contribution < 1.29 is 4.79 Å². The van der Waals surface area contributed by atoms with E-state index in [4.69, 9.17) is 0 Å². The SMILES string of the molecule is CCCCC1CCC(C(=O)NC2CCC(C)NC2C)CC1. The molecule has 0 aromatic heterocycles. The maximum atomic E-state index is 12.5. The van der Waals surface area contributed by atoms with Gasteiger partial charge in [-0.05, 0) is 58.3 Å². The smallest absolute Gasteiger partial charge is 0.223 e. The molecule has 0 spiro atoms. The predicted molar refractivity (Wildman–Crippen MR) is 88.2 cm³/mol. The van der Waals surface area contributed by atoms with Crippen molar-refractivity contribution in [3.05, 3.63) is 0 Å². The number of nitrogens with one attached hydrogen (secondary N) is 2. The summed E-state index contributed by atoms with van der Waals surface area (Å²) < 4.78 is 0. The molecule has 2 fully saturated rings. The molecule has 0 radical (unpaired) electrons. The van der Waals surface area contributed by atoms with E-state index in [0.717, 1.165) is 25.2 Å². The monoisotopic (exact) mass is 294 g/mol. The standard InChI is InChI=1S/C18H34N2O/c1-4-5-6-15-8-10-16(11-9-15)18(21)20-17-12-7-13(2)19-14(17)3/h13-17,19H,4-12H2,1-3H3,(H,20,21). The van der Waals surface area contributed by atoms with E-state index in [-0.39, 0.29) is 5.92 Å². The Morgan fingerprint density at radius 3 is 2.43 bits per heavy atom. The number of piperidine rings is 1. The van der Waals surface area contributed by atoms with Crippen LogP contribution in [0.5, 0.6) is 0 Å². The normalized spacial score (nSPS) is 37.2. The van der Waals surface area contributed by atoms with Crippen LogP contribution in [0.15, 0.2) is 0 Å². The van der Waals surface area contributed by atoms with Crippen molar-refractivity contribution in [2.75, 3.05) is 0 Å². The number of hydrogen-bond donors (Lipinski definition) is 2. The van der Waals surface area contributed by atoms with E-state index in [2.05, 4.69) is 31.4 Å². The highest BCUT2D eigenvalue weighted by molar-refractivity contribution is 5.79. The van der Waals surface area contributed by atoms with Crippen LogP contribution >= 0.6 is 0 Å². The quantitative estimate of drug-likeness (QED) is 0.813. The summed E-state index contributed by atoms with van der Waals surface area (Å²) in [7, 11) is 0. The molecular formula is C18H34N2O. The van der Waals surface area contributed by atoms with Crippen LogP contribution in [0, 0.1) is 11.8 Å². The molecule has 2 aliphatic rings. The molecule has 3 atom stereocenters. The second-order valence-electron chi connectivity index (χ2n) is 7.41. The van der Waals surface area contributed by atoms with E-state index in [1.54, 1.807) is 0 Å². The predicted octanol–water partition coefficient (Wildman–Crippen LogP) is 3.63. The molecule has 0 aromatic rings. The highest BCUT2D eigenvalue weighted by Crippen LogP contribution is 2.32. The molecule has 0 bridgehead atoms. The van der Waals surface area contributed by atoms with Gasteiger partial charge in [-0.25, -0.2) is 0 Å². The summed E-state index contributed by atoms with van der Waals surface area (Å²) in [6, 6.07) is 1.31. The van der Waals surface area contributed by atoms with Gasteiger partial charge >= 0.3 is 0 Å². The third-order valence-corrected chi connectivity index (χ3v) is 5.57. The lowest BCUT2D eigenvalue weighted by Gasteiger charge is -2.36. The molecular weight excluding hydrogens is 260 g/mol. The van der Waals surface area contributed by atoms with Crippen LogP contribution in [0.3, 0.4) is 0 Å². The van der Waals surface area contributed by atoms with Crippen LogP contribution in [-0.2, 0) is 4.79 Å². The second kappa shape index (κ2) is 8.17. The Hall–Kier alpha value is -0.570. The highest BCUT2D eigenvalue weighted by Gasteiger charge is 2.30. The van der Waals surface area contributed by atoms with E-state index in [1.807, 2.05) is 0 Å². The van der Waals surface area contributed by atoms with Crippen LogP contribution in [0.4, 0.5) is 0 Å². The van der Waals surface area contributed by atoms with Gasteiger partial charge < -0.3 is 10.6 Å². The summed E-state index contributed by atoms with van der Waals surface area (Å²) in [5, 5.41) is 6.87. The Labute approximate surface area is 130 Å². The summed E-state index contributed by atoms with van der Waals surface area (Å²) in [6.45, 7) is 6.69. The lowest BCUT2D eigenvalue weighted by Crippen LogP contribution is -2.55. The molecule has 1 saturated carbocycles. The Kier molecular flexibility index (Phi) is 6.53. The molecule has 1 amide bonds. The summed E-state index contributed by atoms with van der Waals surface area (Å²) in [5.41, 5.74) is 0. The Balaban J connectivity index is 1.72. The molecule has 3 nitrogen and oxygen atoms in total. The zero-order valence-corrected chi connectivity index (χ0v) is 14.2. The Morgan fingerprint density at radius 2 is 1.81 bits per heavy atom. The number of carbonyl (C=O) groups excluding carboxylic acids is 1. The van der Waals surface area contributed by atoms with Gasteiger partial charge in [-0.2, -0.15) is 0 Å². The van der Waals surface area contributed by atoms with Gasteiger partial charge in [0, 0.05) is 24.0 Å². The van der Waals surface area contributed by atoms with E-state index < -0.39 is 0 Å². The molecule has 0 aromatic carbocycles. The molecule has 2 N–H and O–H groups in total. The number of carbonyl (C=O) groups is 1. The van der Waals surface area contributed by atoms with Gasteiger partial charge in [0.2, 0.25) is 5.91 Å². The van der Waals surface area contributed by atoms with Gasteiger partial charge in [-0.3, -0.25) is 4.79 Å². The Bertz CT molecular complexity index is 323. The van der Waals surface area contributed by atoms with Crippen molar-refractivity contribution in [1.29, 1.82) is 0 Å². The average molecular weight is 294 g/mol. The zero-order valence-electron chi connectivity index (χ0n) is 14.2. The fraction of sp³-hybridized carbons (Fsp3) is 0.944. The first-order valence-corrected chi connectivity index (χ1v) is 9.16. The van der Waals surface area contributed by atoms with Gasteiger partial charge in [0.1, 0.15) is 0 Å². The maximum Gasteiger partial charge on any atom is 0.223 e. The number of rotatable bonds is 5. The topological polar surface area (TPSA) is 41.1 Å². The first-order chi connectivity index (χ1) is 10.1. The molecule has 3 unspecified atom stereocenters. The van der Waals surface area contributed by atoms with Crippen LogP contribution < -0.4 is 10.6 Å². The summed E-state index contributed by atoms with van der Waals surface area (Å²) >= 11 is 0. The molecule has 3 heteroatoms. The van der Waals surface area contributed by atoms with Crippen LogP contribution in [-0.4, -0.2) is 24.0 Å². The van der Waals surface area contributed by atoms with Crippen LogP contribution in [0.1, 0.15) is 78.6 Å². The van der Waals surface area contributed by atoms with E-state index in [9.17, 15) is 4.79 Å². The fourth-order valence-electron chi connectivity index (χ4n) is 4.03. The third-order valence-electron chi connectivity index (χ3n) is 5.57. The van der Waals surface area contributed by atoms with Crippen LogP contribution in [0.2, 0.25) is 0 Å². The van der Waals surface area contributed by atoms with Crippen molar-refractivity contribution in [3.63, 3.8) is 0 Å². The minimum absolute atomic E-state index is 0.273. The van der Waals surface area contributed by atoms with E-state index in [1.165, 1.54) is 38.5 Å². The third kappa shape index (κ3) is 4.98. The molecule has 1 heterocycles. The minimum atomic E-state index is 0.273. The van der Waals surface area contributed by atoms with Crippen molar-refractivity contribution >= 4 is 5.91 Å². The zero-order chi connectivity index (χ0) is 15.2. The average Bonchev–Trinajstić information content (AvgIpc) is 2.48. The first kappa shape index (κ1) is 16.8. The van der Waals surface area contributed by atoms with Crippen molar-refractivity contribution in [2.24, 2.45) is 11.8 Å². The summed E-state index contributed by atoms with van der Waals surface area (Å²) in [4.78, 5) is 12.5. The number of hydrogen-bond acceptors (Lipinski definition) is 2. The highest BCUT2D eigenvalue weighted by atomic mass is 16.1. The summed E-state index contributed by atoms with van der Waals surface area (Å²) in [6.07, 6.45) is 11.0. The molecule has 1 aliphatic heterocycles. The van der Waals surface area contributed by atoms with Gasteiger partial charge in [0.05, 0.1) is 0 Å². The lowest BCUT2D eigenvalue weighted by atomic mass is 9.79. The molecule has 1 aliphatic carbocycles. The van der Waals surface area contributed by atoms with E-state index >= 15 is 0 Å². The first-order valence-electron chi connectivity index (χ1n) is 9.16. The second-order valence-corrected chi connectivity index (χ2v) is 7.41. The molecule has 21 heavy (non-hydrogen) atoms. The Morgan fingerprint density at radius 1 is 1.10 bits per heavy atom. The van der Waals surface area contributed by atoms with Gasteiger partial charge in [0.25, 0.3) is 0 Å². The molecule has 2 rings (SSSR count). The molecule has 122 valence electrons. The van der Waals surface area contributed by atoms with Gasteiger partial charge in [-0.1, -0.05) is 26.2 Å². The van der Waals surface area contributed by atoms with Crippen LogP contribution in [0.25, 0.3) is 0 Å². The summed E-state index contributed by atoms with van der Waals surface area (Å²) in [5.74, 6) is 1.47. The maximum absolute atomic E-state index is 12.5. The lowest BCUT2D eigenvalue weighted by molar-refractivity contribution is -0.127.